The molecule has 0 aromatic heterocycles. The molecule has 2 N–H and O–H groups in total. The molecule has 96 valence electrons. The fraction of sp³-hybridized carbons (Fsp3) is 0.538. The van der Waals surface area contributed by atoms with Crippen LogP contribution in [0, 0.1) is 5.92 Å². The van der Waals surface area contributed by atoms with E-state index < -0.39 is 11.7 Å². The van der Waals surface area contributed by atoms with Gasteiger partial charge in [-0.15, -0.1) is 0 Å². The predicted octanol–water partition coefficient (Wildman–Crippen LogP) is 2.81. The first-order valence-corrected chi connectivity index (χ1v) is 5.80. The van der Waals surface area contributed by atoms with E-state index in [-0.39, 0.29) is 0 Å². The van der Waals surface area contributed by atoms with Crippen molar-refractivity contribution in [3.05, 3.63) is 35.4 Å². The summed E-state index contributed by atoms with van der Waals surface area (Å²) in [7, 11) is 0. The zero-order chi connectivity index (χ0) is 13.1. The second kappa shape index (κ2) is 5.54. The summed E-state index contributed by atoms with van der Waals surface area (Å²) in [4.78, 5) is 0. The van der Waals surface area contributed by atoms with Crippen molar-refractivity contribution >= 4 is 0 Å². The highest BCUT2D eigenvalue weighted by Crippen LogP contribution is 2.28. The highest BCUT2D eigenvalue weighted by molar-refractivity contribution is 5.23. The highest BCUT2D eigenvalue weighted by Gasteiger charge is 2.29. The maximum absolute atomic E-state index is 12.3. The third-order valence-corrected chi connectivity index (χ3v) is 3.06. The number of rotatable bonds is 4. The van der Waals surface area contributed by atoms with Crippen LogP contribution in [0.1, 0.15) is 31.9 Å². The van der Waals surface area contributed by atoms with Gasteiger partial charge in [-0.3, -0.25) is 0 Å². The van der Waals surface area contributed by atoms with Gasteiger partial charge in [0.2, 0.25) is 0 Å². The van der Waals surface area contributed by atoms with Crippen molar-refractivity contribution in [1.29, 1.82) is 0 Å². The smallest absolute Gasteiger partial charge is 0.340 e. The first kappa shape index (κ1) is 14.0. The normalized spacial score (nSPS) is 14.1. The average Bonchev–Trinajstić information content (AvgIpc) is 2.25. The van der Waals surface area contributed by atoms with Crippen LogP contribution in [0.5, 0.6) is 0 Å². The number of quaternary nitrogens is 1. The molecule has 1 aromatic carbocycles. The van der Waals surface area contributed by atoms with Crippen molar-refractivity contribution in [3.8, 4) is 0 Å². The zero-order valence-electron chi connectivity index (χ0n) is 10.4. The molecule has 1 atom stereocenters. The van der Waals surface area contributed by atoms with Gasteiger partial charge in [0, 0.05) is 11.5 Å². The molecule has 0 fully saturated rings. The molecule has 4 heteroatoms. The fourth-order valence-electron chi connectivity index (χ4n) is 1.42. The summed E-state index contributed by atoms with van der Waals surface area (Å²) in [6, 6.07) is 5.85. The molecule has 0 aliphatic heterocycles. The van der Waals surface area contributed by atoms with E-state index in [2.05, 4.69) is 26.1 Å². The lowest BCUT2D eigenvalue weighted by atomic mass is 10.1. The third kappa shape index (κ3) is 4.38. The Labute approximate surface area is 100 Å². The molecule has 0 spiro atoms. The van der Waals surface area contributed by atoms with Crippen LogP contribution < -0.4 is 5.32 Å². The van der Waals surface area contributed by atoms with Gasteiger partial charge >= 0.3 is 6.18 Å². The number of nitrogens with two attached hydrogens (primary N) is 1. The van der Waals surface area contributed by atoms with E-state index in [1.807, 2.05) is 0 Å². The van der Waals surface area contributed by atoms with Gasteiger partial charge in [-0.25, -0.2) is 0 Å². The minimum Gasteiger partial charge on any atom is -0.340 e. The van der Waals surface area contributed by atoms with Gasteiger partial charge in [0.1, 0.15) is 6.54 Å². The van der Waals surface area contributed by atoms with Crippen molar-refractivity contribution < 1.29 is 18.5 Å². The summed E-state index contributed by atoms with van der Waals surface area (Å²) >= 11 is 0. The predicted molar refractivity (Wildman–Crippen MR) is 61.4 cm³/mol. The lowest BCUT2D eigenvalue weighted by Gasteiger charge is -2.14. The number of halogens is 3. The molecule has 1 aromatic rings. The van der Waals surface area contributed by atoms with Crippen molar-refractivity contribution in [3.63, 3.8) is 0 Å². The molecule has 17 heavy (non-hydrogen) atoms. The first-order valence-electron chi connectivity index (χ1n) is 5.80. The molecular weight excluding hydrogens is 227 g/mol. The molecule has 1 rings (SSSR count). The van der Waals surface area contributed by atoms with Crippen LogP contribution in [-0.4, -0.2) is 6.04 Å². The third-order valence-electron chi connectivity index (χ3n) is 3.06. The number of benzene rings is 1. The Hall–Kier alpha value is -1.03. The van der Waals surface area contributed by atoms with Gasteiger partial charge in [-0.1, -0.05) is 26.0 Å². The molecule has 0 radical (unpaired) electrons. The van der Waals surface area contributed by atoms with Crippen molar-refractivity contribution in [2.75, 3.05) is 0 Å². The summed E-state index contributed by atoms with van der Waals surface area (Å²) in [5.41, 5.74) is 0.337. The Bertz CT molecular complexity index is 341. The second-order valence-electron chi connectivity index (χ2n) is 4.74. The SMILES string of the molecule is CC(C)[C@H](C)[NH2+]Cc1ccc(C(F)(F)F)cc1. The van der Waals surface area contributed by atoms with Crippen LogP contribution in [0.15, 0.2) is 24.3 Å². The molecule has 0 saturated carbocycles. The molecular formula is C13H19F3N+. The van der Waals surface area contributed by atoms with E-state index in [9.17, 15) is 13.2 Å². The van der Waals surface area contributed by atoms with Gasteiger partial charge in [0.25, 0.3) is 0 Å². The monoisotopic (exact) mass is 246 g/mol. The second-order valence-corrected chi connectivity index (χ2v) is 4.74. The Morgan fingerprint density at radius 2 is 1.59 bits per heavy atom. The maximum atomic E-state index is 12.3. The standard InChI is InChI=1S/C13H18F3N/c1-9(2)10(3)17-8-11-4-6-12(7-5-11)13(14,15)16/h4-7,9-10,17H,8H2,1-3H3/p+1/t10-/m0/s1. The van der Waals surface area contributed by atoms with Gasteiger partial charge in [-0.2, -0.15) is 13.2 Å². The molecule has 0 aliphatic rings. The van der Waals surface area contributed by atoms with Gasteiger partial charge < -0.3 is 5.32 Å². The van der Waals surface area contributed by atoms with E-state index in [0.717, 1.165) is 24.2 Å². The van der Waals surface area contributed by atoms with E-state index in [4.69, 9.17) is 0 Å². The average molecular weight is 246 g/mol. The lowest BCUT2D eigenvalue weighted by molar-refractivity contribution is -0.706. The summed E-state index contributed by atoms with van der Waals surface area (Å²) in [6.07, 6.45) is -4.24. The van der Waals surface area contributed by atoms with Crippen LogP contribution in [0.25, 0.3) is 0 Å². The molecule has 0 amide bonds. The topological polar surface area (TPSA) is 16.6 Å². The van der Waals surface area contributed by atoms with Crippen LogP contribution in [0.4, 0.5) is 13.2 Å². The van der Waals surface area contributed by atoms with Crippen LogP contribution in [-0.2, 0) is 12.7 Å². The molecule has 0 aliphatic carbocycles. The molecule has 0 saturated heterocycles. The summed E-state index contributed by atoms with van der Waals surface area (Å²) in [5.74, 6) is 0.560. The molecule has 0 bridgehead atoms. The van der Waals surface area contributed by atoms with E-state index in [1.54, 1.807) is 12.1 Å². The number of alkyl halides is 3. The summed E-state index contributed by atoms with van der Waals surface area (Å²) in [6.45, 7) is 7.11. The minimum atomic E-state index is -4.24. The maximum Gasteiger partial charge on any atom is 0.416 e. The largest absolute Gasteiger partial charge is 0.416 e. The summed E-state index contributed by atoms with van der Waals surface area (Å²) in [5, 5.41) is 2.15. The first-order chi connectivity index (χ1) is 7.80. The highest BCUT2D eigenvalue weighted by atomic mass is 19.4. The van der Waals surface area contributed by atoms with Crippen LogP contribution >= 0.6 is 0 Å². The van der Waals surface area contributed by atoms with Crippen molar-refractivity contribution in [2.24, 2.45) is 5.92 Å². The quantitative estimate of drug-likeness (QED) is 0.841. The number of hydrogen-bond acceptors (Lipinski definition) is 0. The zero-order valence-corrected chi connectivity index (χ0v) is 10.4. The van der Waals surface area contributed by atoms with E-state index >= 15 is 0 Å². The molecule has 0 heterocycles. The Kier molecular flexibility index (Phi) is 4.57. The minimum absolute atomic E-state index is 0.470. The Morgan fingerprint density at radius 1 is 1.06 bits per heavy atom. The van der Waals surface area contributed by atoms with Crippen LogP contribution in [0.2, 0.25) is 0 Å². The fourth-order valence-corrected chi connectivity index (χ4v) is 1.42. The number of hydrogen-bond donors (Lipinski definition) is 1. The van der Waals surface area contributed by atoms with Crippen molar-refractivity contribution in [2.45, 2.75) is 39.5 Å². The van der Waals surface area contributed by atoms with E-state index in [0.29, 0.717) is 12.0 Å². The Balaban J connectivity index is 2.57. The van der Waals surface area contributed by atoms with E-state index in [1.165, 1.54) is 0 Å². The van der Waals surface area contributed by atoms with Crippen LogP contribution in [0.3, 0.4) is 0 Å². The molecule has 0 unspecified atom stereocenters. The van der Waals surface area contributed by atoms with Gasteiger partial charge in [0.15, 0.2) is 0 Å². The van der Waals surface area contributed by atoms with Gasteiger partial charge in [-0.05, 0) is 19.1 Å². The van der Waals surface area contributed by atoms with Crippen molar-refractivity contribution in [1.82, 2.24) is 0 Å². The molecule has 1 nitrogen and oxygen atoms in total. The Morgan fingerprint density at radius 3 is 2.00 bits per heavy atom. The van der Waals surface area contributed by atoms with Gasteiger partial charge in [0.05, 0.1) is 11.6 Å². The summed E-state index contributed by atoms with van der Waals surface area (Å²) < 4.78 is 37.0. The lowest BCUT2D eigenvalue weighted by Crippen LogP contribution is -2.88.